The third-order valence-corrected chi connectivity index (χ3v) is 2.17. The molecule has 3 nitrogen and oxygen atoms in total. The van der Waals surface area contributed by atoms with E-state index in [2.05, 4.69) is 5.32 Å². The maximum atomic E-state index is 5.82. The Labute approximate surface area is 83.2 Å². The van der Waals surface area contributed by atoms with Crippen LogP contribution in [0.2, 0.25) is 0 Å². The molecule has 1 aromatic carbocycles. The first kappa shape index (κ1) is 8.69. The van der Waals surface area contributed by atoms with Gasteiger partial charge in [0.05, 0.1) is 11.4 Å². The quantitative estimate of drug-likeness (QED) is 0.709. The van der Waals surface area contributed by atoms with Gasteiger partial charge in [0.25, 0.3) is 0 Å². The van der Waals surface area contributed by atoms with Gasteiger partial charge in [0, 0.05) is 13.2 Å². The summed E-state index contributed by atoms with van der Waals surface area (Å²) in [5.74, 6) is 1.03. The van der Waals surface area contributed by atoms with E-state index in [4.69, 9.17) is 5.73 Å². The second kappa shape index (κ2) is 3.46. The number of nitrogens with zero attached hydrogens (tertiary/aromatic N) is 1. The van der Waals surface area contributed by atoms with Crippen LogP contribution in [0.25, 0.3) is 0 Å². The number of hydrogen-bond donors (Lipinski definition) is 2. The van der Waals surface area contributed by atoms with Crippen LogP contribution in [0.1, 0.15) is 0 Å². The van der Waals surface area contributed by atoms with Gasteiger partial charge in [-0.1, -0.05) is 12.1 Å². The van der Waals surface area contributed by atoms with Crippen LogP contribution < -0.4 is 11.1 Å². The smallest absolute Gasteiger partial charge is 0.110 e. The SMILES string of the molecule is Cn1cccc1Nc1ccccc1N. The minimum atomic E-state index is 0.758. The first-order chi connectivity index (χ1) is 6.77. The summed E-state index contributed by atoms with van der Waals surface area (Å²) >= 11 is 0. The Morgan fingerprint density at radius 1 is 1.14 bits per heavy atom. The molecule has 0 unspecified atom stereocenters. The third-order valence-electron chi connectivity index (χ3n) is 2.17. The minimum absolute atomic E-state index is 0.758. The zero-order valence-electron chi connectivity index (χ0n) is 8.07. The van der Waals surface area contributed by atoms with E-state index in [9.17, 15) is 0 Å². The van der Waals surface area contributed by atoms with Crippen molar-refractivity contribution in [2.24, 2.45) is 7.05 Å². The molecule has 72 valence electrons. The number of nitrogens with two attached hydrogens (primary N) is 1. The molecule has 0 saturated heterocycles. The maximum absolute atomic E-state index is 5.82. The summed E-state index contributed by atoms with van der Waals surface area (Å²) in [7, 11) is 1.99. The largest absolute Gasteiger partial charge is 0.397 e. The van der Waals surface area contributed by atoms with Gasteiger partial charge in [-0.3, -0.25) is 0 Å². The van der Waals surface area contributed by atoms with Crippen LogP contribution in [0.3, 0.4) is 0 Å². The minimum Gasteiger partial charge on any atom is -0.397 e. The van der Waals surface area contributed by atoms with Gasteiger partial charge in [-0.2, -0.15) is 0 Å². The van der Waals surface area contributed by atoms with E-state index in [1.54, 1.807) is 0 Å². The predicted molar refractivity (Wildman–Crippen MR) is 59.6 cm³/mol. The summed E-state index contributed by atoms with van der Waals surface area (Å²) in [6.07, 6.45) is 1.99. The van der Waals surface area contributed by atoms with Crippen LogP contribution in [-0.2, 0) is 7.05 Å². The summed E-state index contributed by atoms with van der Waals surface area (Å²) in [6, 6.07) is 11.7. The van der Waals surface area contributed by atoms with Gasteiger partial charge in [-0.25, -0.2) is 0 Å². The van der Waals surface area contributed by atoms with E-state index >= 15 is 0 Å². The molecular formula is C11H13N3. The highest BCUT2D eigenvalue weighted by Gasteiger charge is 1.99. The molecule has 1 aromatic heterocycles. The summed E-state index contributed by atoms with van der Waals surface area (Å²) in [5.41, 5.74) is 7.51. The molecule has 3 N–H and O–H groups in total. The summed E-state index contributed by atoms with van der Waals surface area (Å²) in [5, 5.41) is 3.26. The van der Waals surface area contributed by atoms with E-state index in [0.29, 0.717) is 0 Å². The molecule has 0 atom stereocenters. The first-order valence-electron chi connectivity index (χ1n) is 4.50. The summed E-state index contributed by atoms with van der Waals surface area (Å²) < 4.78 is 2.01. The molecule has 0 bridgehead atoms. The highest BCUT2D eigenvalue weighted by Crippen LogP contribution is 2.21. The third kappa shape index (κ3) is 1.57. The fourth-order valence-electron chi connectivity index (χ4n) is 1.34. The molecule has 0 saturated carbocycles. The molecule has 0 spiro atoms. The number of nitrogen functional groups attached to an aromatic ring is 1. The van der Waals surface area contributed by atoms with Crippen molar-refractivity contribution >= 4 is 17.2 Å². The Kier molecular flexibility index (Phi) is 2.14. The number of para-hydroxylation sites is 2. The lowest BCUT2D eigenvalue weighted by Gasteiger charge is -2.09. The number of rotatable bonds is 2. The molecule has 0 aliphatic rings. The van der Waals surface area contributed by atoms with Crippen LogP contribution in [0.15, 0.2) is 42.6 Å². The number of nitrogens with one attached hydrogen (secondary N) is 1. The molecule has 3 heteroatoms. The lowest BCUT2D eigenvalue weighted by atomic mass is 10.3. The van der Waals surface area contributed by atoms with Crippen molar-refractivity contribution in [1.82, 2.24) is 4.57 Å². The maximum Gasteiger partial charge on any atom is 0.110 e. The lowest BCUT2D eigenvalue weighted by Crippen LogP contribution is -1.99. The second-order valence-corrected chi connectivity index (χ2v) is 3.22. The molecule has 1 heterocycles. The number of aryl methyl sites for hydroxylation is 1. The van der Waals surface area contributed by atoms with Crippen molar-refractivity contribution < 1.29 is 0 Å². The van der Waals surface area contributed by atoms with Crippen LogP contribution in [0.5, 0.6) is 0 Å². The predicted octanol–water partition coefficient (Wildman–Crippen LogP) is 2.35. The highest BCUT2D eigenvalue weighted by molar-refractivity contribution is 5.71. The van der Waals surface area contributed by atoms with E-state index in [0.717, 1.165) is 17.2 Å². The number of anilines is 3. The van der Waals surface area contributed by atoms with Gasteiger partial charge < -0.3 is 15.6 Å². The van der Waals surface area contributed by atoms with Crippen LogP contribution >= 0.6 is 0 Å². The molecule has 14 heavy (non-hydrogen) atoms. The molecule has 0 fully saturated rings. The first-order valence-corrected chi connectivity index (χ1v) is 4.50. The summed E-state index contributed by atoms with van der Waals surface area (Å²) in [4.78, 5) is 0. The van der Waals surface area contributed by atoms with Gasteiger partial charge >= 0.3 is 0 Å². The standard InChI is InChI=1S/C11H13N3/c1-14-8-4-7-11(14)13-10-6-3-2-5-9(10)12/h2-8,13H,12H2,1H3. The van der Waals surface area contributed by atoms with Gasteiger partial charge in [0.15, 0.2) is 0 Å². The number of aromatic nitrogens is 1. The number of hydrogen-bond acceptors (Lipinski definition) is 2. The fourth-order valence-corrected chi connectivity index (χ4v) is 1.34. The van der Waals surface area contributed by atoms with Crippen molar-refractivity contribution in [2.45, 2.75) is 0 Å². The average molecular weight is 187 g/mol. The normalized spacial score (nSPS) is 10.1. The Bertz CT molecular complexity index is 432. The van der Waals surface area contributed by atoms with E-state index in [1.165, 1.54) is 0 Å². The van der Waals surface area contributed by atoms with Crippen LogP contribution in [0, 0.1) is 0 Å². The zero-order chi connectivity index (χ0) is 9.97. The van der Waals surface area contributed by atoms with Crippen LogP contribution in [0.4, 0.5) is 17.2 Å². The zero-order valence-corrected chi connectivity index (χ0v) is 8.07. The Morgan fingerprint density at radius 2 is 1.93 bits per heavy atom. The van der Waals surface area contributed by atoms with Crippen molar-refractivity contribution in [1.29, 1.82) is 0 Å². The number of benzene rings is 1. The molecule has 0 aliphatic carbocycles. The molecule has 0 amide bonds. The highest BCUT2D eigenvalue weighted by atomic mass is 15.1. The lowest BCUT2D eigenvalue weighted by molar-refractivity contribution is 0.937. The van der Waals surface area contributed by atoms with Gasteiger partial charge in [-0.05, 0) is 24.3 Å². The molecule has 2 aromatic rings. The average Bonchev–Trinajstić information content (AvgIpc) is 2.56. The summed E-state index contributed by atoms with van der Waals surface area (Å²) in [6.45, 7) is 0. The van der Waals surface area contributed by atoms with Crippen molar-refractivity contribution in [3.05, 3.63) is 42.6 Å². The van der Waals surface area contributed by atoms with E-state index < -0.39 is 0 Å². The Morgan fingerprint density at radius 3 is 2.57 bits per heavy atom. The van der Waals surface area contributed by atoms with E-state index in [1.807, 2.05) is 54.2 Å². The molecular weight excluding hydrogens is 174 g/mol. The van der Waals surface area contributed by atoms with Crippen molar-refractivity contribution in [3.8, 4) is 0 Å². The fraction of sp³-hybridized carbons (Fsp3) is 0.0909. The van der Waals surface area contributed by atoms with Crippen molar-refractivity contribution in [2.75, 3.05) is 11.1 Å². The van der Waals surface area contributed by atoms with Crippen LogP contribution in [-0.4, -0.2) is 4.57 Å². The molecule has 2 rings (SSSR count). The molecule has 0 radical (unpaired) electrons. The second-order valence-electron chi connectivity index (χ2n) is 3.22. The van der Waals surface area contributed by atoms with Crippen molar-refractivity contribution in [3.63, 3.8) is 0 Å². The van der Waals surface area contributed by atoms with Gasteiger partial charge in [-0.15, -0.1) is 0 Å². The van der Waals surface area contributed by atoms with Gasteiger partial charge in [0.1, 0.15) is 5.82 Å². The Hall–Kier alpha value is -1.90. The van der Waals surface area contributed by atoms with E-state index in [-0.39, 0.29) is 0 Å². The Balaban J connectivity index is 2.28. The monoisotopic (exact) mass is 187 g/mol. The van der Waals surface area contributed by atoms with Gasteiger partial charge in [0.2, 0.25) is 0 Å². The molecule has 0 aliphatic heterocycles. The topological polar surface area (TPSA) is 43.0 Å².